The van der Waals surface area contributed by atoms with Crippen molar-refractivity contribution in [3.05, 3.63) is 59.2 Å². The number of aliphatic hydroxyl groups excluding tert-OH is 1. The molecule has 0 amide bonds. The Kier molecular flexibility index (Phi) is 5.18. The van der Waals surface area contributed by atoms with Gasteiger partial charge in [0.25, 0.3) is 0 Å². The summed E-state index contributed by atoms with van der Waals surface area (Å²) in [4.78, 5) is 11.7. The third-order valence-corrected chi connectivity index (χ3v) is 4.83. The lowest BCUT2D eigenvalue weighted by Gasteiger charge is -2.35. The fraction of sp³-hybridized carbons (Fsp3) is 0.381. The standard InChI is InChI=1S/C21H24N2O3/c1-4-26-20(25)14-5-7-15(8-6-14)22-23-16-9-10-18-17(13-16)19(24)11-12-21(18,2)3/h5-10,13,19,24H,4,11-12H2,1-3H3/b23-22+. The highest BCUT2D eigenvalue weighted by molar-refractivity contribution is 5.89. The number of carbonyl (C=O) groups excluding carboxylic acids is 1. The zero-order chi connectivity index (χ0) is 18.7. The first-order valence-corrected chi connectivity index (χ1v) is 8.92. The summed E-state index contributed by atoms with van der Waals surface area (Å²) in [6.45, 7) is 6.52. The minimum absolute atomic E-state index is 0.0627. The fourth-order valence-electron chi connectivity index (χ4n) is 3.29. The molecule has 0 aliphatic heterocycles. The molecule has 0 bridgehead atoms. The number of rotatable bonds is 4. The average Bonchev–Trinajstić information content (AvgIpc) is 2.64. The van der Waals surface area contributed by atoms with Gasteiger partial charge in [-0.2, -0.15) is 10.2 Å². The molecule has 2 aromatic carbocycles. The summed E-state index contributed by atoms with van der Waals surface area (Å²) < 4.78 is 4.96. The molecule has 26 heavy (non-hydrogen) atoms. The highest BCUT2D eigenvalue weighted by Crippen LogP contribution is 2.42. The third kappa shape index (κ3) is 3.83. The number of hydrogen-bond donors (Lipinski definition) is 1. The summed E-state index contributed by atoms with van der Waals surface area (Å²) >= 11 is 0. The van der Waals surface area contributed by atoms with E-state index >= 15 is 0 Å². The van der Waals surface area contributed by atoms with Gasteiger partial charge < -0.3 is 9.84 Å². The average molecular weight is 352 g/mol. The van der Waals surface area contributed by atoms with Crippen LogP contribution in [-0.4, -0.2) is 17.7 Å². The molecule has 0 saturated carbocycles. The Balaban J connectivity index is 1.79. The van der Waals surface area contributed by atoms with Crippen LogP contribution in [0.25, 0.3) is 0 Å². The van der Waals surface area contributed by atoms with E-state index in [0.717, 1.165) is 18.4 Å². The van der Waals surface area contributed by atoms with Crippen LogP contribution in [0.2, 0.25) is 0 Å². The van der Waals surface area contributed by atoms with Crippen molar-refractivity contribution in [2.45, 2.75) is 45.1 Å². The van der Waals surface area contributed by atoms with Crippen LogP contribution in [0.4, 0.5) is 11.4 Å². The highest BCUT2D eigenvalue weighted by atomic mass is 16.5. The van der Waals surface area contributed by atoms with Crippen LogP contribution in [-0.2, 0) is 10.2 Å². The molecule has 1 aliphatic carbocycles. The van der Waals surface area contributed by atoms with Gasteiger partial charge in [0.1, 0.15) is 0 Å². The van der Waals surface area contributed by atoms with E-state index in [2.05, 4.69) is 24.1 Å². The maximum absolute atomic E-state index is 11.7. The van der Waals surface area contributed by atoms with E-state index in [-0.39, 0.29) is 11.4 Å². The zero-order valence-corrected chi connectivity index (χ0v) is 15.4. The van der Waals surface area contributed by atoms with Crippen LogP contribution in [0.1, 0.15) is 61.2 Å². The third-order valence-electron chi connectivity index (χ3n) is 4.83. The Labute approximate surface area is 153 Å². The Hall–Kier alpha value is -2.53. The van der Waals surface area contributed by atoms with E-state index < -0.39 is 6.10 Å². The first-order valence-electron chi connectivity index (χ1n) is 8.92. The summed E-state index contributed by atoms with van der Waals surface area (Å²) in [5, 5.41) is 18.8. The van der Waals surface area contributed by atoms with Crippen molar-refractivity contribution in [1.29, 1.82) is 0 Å². The molecule has 1 aliphatic rings. The van der Waals surface area contributed by atoms with Crippen molar-refractivity contribution >= 4 is 17.3 Å². The van der Waals surface area contributed by atoms with Crippen LogP contribution >= 0.6 is 0 Å². The summed E-state index contributed by atoms with van der Waals surface area (Å²) in [5.74, 6) is -0.345. The number of aliphatic hydroxyl groups is 1. The normalized spacial score (nSPS) is 18.5. The second-order valence-corrected chi connectivity index (χ2v) is 7.18. The maximum Gasteiger partial charge on any atom is 0.338 e. The second kappa shape index (κ2) is 7.38. The van der Waals surface area contributed by atoms with Crippen LogP contribution in [0.3, 0.4) is 0 Å². The first-order chi connectivity index (χ1) is 12.4. The van der Waals surface area contributed by atoms with Gasteiger partial charge >= 0.3 is 5.97 Å². The van der Waals surface area contributed by atoms with Crippen molar-refractivity contribution < 1.29 is 14.6 Å². The van der Waals surface area contributed by atoms with Gasteiger partial charge in [0.15, 0.2) is 0 Å². The summed E-state index contributed by atoms with van der Waals surface area (Å²) in [6.07, 6.45) is 1.28. The van der Waals surface area contributed by atoms with Crippen molar-refractivity contribution in [1.82, 2.24) is 0 Å². The minimum Gasteiger partial charge on any atom is -0.462 e. The quantitative estimate of drug-likeness (QED) is 0.593. The Morgan fingerprint density at radius 3 is 2.50 bits per heavy atom. The van der Waals surface area contributed by atoms with E-state index in [1.54, 1.807) is 31.2 Å². The largest absolute Gasteiger partial charge is 0.462 e. The molecule has 2 aromatic rings. The molecule has 136 valence electrons. The molecule has 5 heteroatoms. The SMILES string of the molecule is CCOC(=O)c1ccc(/N=N/c2ccc3c(c2)C(O)CCC3(C)C)cc1. The molecule has 0 fully saturated rings. The smallest absolute Gasteiger partial charge is 0.338 e. The number of nitrogens with zero attached hydrogens (tertiary/aromatic N) is 2. The predicted molar refractivity (Wildman–Crippen MR) is 100 cm³/mol. The first kappa shape index (κ1) is 18.3. The topological polar surface area (TPSA) is 71.2 Å². The molecule has 0 aromatic heterocycles. The van der Waals surface area contributed by atoms with Gasteiger partial charge in [-0.15, -0.1) is 0 Å². The Bertz CT molecular complexity index is 826. The highest BCUT2D eigenvalue weighted by Gasteiger charge is 2.31. The monoisotopic (exact) mass is 352 g/mol. The molecule has 1 unspecified atom stereocenters. The molecule has 5 nitrogen and oxygen atoms in total. The van der Waals surface area contributed by atoms with Crippen LogP contribution < -0.4 is 0 Å². The van der Waals surface area contributed by atoms with E-state index in [1.165, 1.54) is 5.56 Å². The van der Waals surface area contributed by atoms with E-state index in [9.17, 15) is 9.90 Å². The van der Waals surface area contributed by atoms with Gasteiger partial charge in [-0.1, -0.05) is 19.9 Å². The lowest BCUT2D eigenvalue weighted by atomic mass is 9.72. The fourth-order valence-corrected chi connectivity index (χ4v) is 3.29. The predicted octanol–water partition coefficient (Wildman–Crippen LogP) is 5.38. The van der Waals surface area contributed by atoms with Gasteiger partial charge in [0, 0.05) is 0 Å². The van der Waals surface area contributed by atoms with Crippen LogP contribution in [0.5, 0.6) is 0 Å². The number of ether oxygens (including phenoxy) is 1. The Morgan fingerprint density at radius 2 is 1.81 bits per heavy atom. The van der Waals surface area contributed by atoms with Gasteiger partial charge in [-0.25, -0.2) is 4.79 Å². The summed E-state index contributed by atoms with van der Waals surface area (Å²) in [6, 6.07) is 12.7. The van der Waals surface area contributed by atoms with E-state index in [1.807, 2.05) is 18.2 Å². The van der Waals surface area contributed by atoms with Crippen molar-refractivity contribution in [2.75, 3.05) is 6.61 Å². The number of azo groups is 1. The number of fused-ring (bicyclic) bond motifs is 1. The lowest BCUT2D eigenvalue weighted by molar-refractivity contribution is 0.0526. The number of esters is 1. The van der Waals surface area contributed by atoms with E-state index in [4.69, 9.17) is 4.74 Å². The summed E-state index contributed by atoms with van der Waals surface area (Å²) in [5.41, 5.74) is 4.02. The van der Waals surface area contributed by atoms with Gasteiger partial charge in [-0.3, -0.25) is 0 Å². The molecule has 0 heterocycles. The second-order valence-electron chi connectivity index (χ2n) is 7.18. The molecule has 0 spiro atoms. The number of hydrogen-bond acceptors (Lipinski definition) is 5. The Morgan fingerprint density at radius 1 is 1.15 bits per heavy atom. The van der Waals surface area contributed by atoms with Crippen LogP contribution in [0.15, 0.2) is 52.7 Å². The van der Waals surface area contributed by atoms with Crippen LogP contribution in [0, 0.1) is 0 Å². The van der Waals surface area contributed by atoms with E-state index in [0.29, 0.717) is 23.5 Å². The van der Waals surface area contributed by atoms with Gasteiger partial charge in [0.05, 0.1) is 29.6 Å². The van der Waals surface area contributed by atoms with Crippen molar-refractivity contribution in [3.8, 4) is 0 Å². The molecule has 1 atom stereocenters. The zero-order valence-electron chi connectivity index (χ0n) is 15.4. The minimum atomic E-state index is -0.447. The van der Waals surface area contributed by atoms with Gasteiger partial charge in [0.2, 0.25) is 0 Å². The molecule has 1 N–H and O–H groups in total. The maximum atomic E-state index is 11.7. The molecular weight excluding hydrogens is 328 g/mol. The lowest BCUT2D eigenvalue weighted by Crippen LogP contribution is -2.26. The summed E-state index contributed by atoms with van der Waals surface area (Å²) in [7, 11) is 0. The number of carbonyl (C=O) groups is 1. The van der Waals surface area contributed by atoms with Gasteiger partial charge in [-0.05, 0) is 72.7 Å². The number of benzene rings is 2. The van der Waals surface area contributed by atoms with Crippen molar-refractivity contribution in [3.63, 3.8) is 0 Å². The molecule has 3 rings (SSSR count). The van der Waals surface area contributed by atoms with Crippen molar-refractivity contribution in [2.24, 2.45) is 10.2 Å². The molecule has 0 saturated heterocycles. The molecule has 0 radical (unpaired) electrons. The molecular formula is C21H24N2O3.